The lowest BCUT2D eigenvalue weighted by Crippen LogP contribution is -2.19. The van der Waals surface area contributed by atoms with Crippen LogP contribution in [-0.2, 0) is 11.4 Å². The van der Waals surface area contributed by atoms with Crippen LogP contribution in [-0.4, -0.2) is 18.2 Å². The SMILES string of the molecule is COc1cc(/C=C2/SC(=Nc3ccc(F)cc3)NC2=O)c(Br)cc1OCc1ccccc1C#N. The molecule has 0 bridgehead atoms. The molecule has 0 saturated carbocycles. The second kappa shape index (κ2) is 10.5. The molecule has 34 heavy (non-hydrogen) atoms. The van der Waals surface area contributed by atoms with Gasteiger partial charge in [0, 0.05) is 10.0 Å². The van der Waals surface area contributed by atoms with E-state index >= 15 is 0 Å². The van der Waals surface area contributed by atoms with Gasteiger partial charge in [-0.3, -0.25) is 4.79 Å². The van der Waals surface area contributed by atoms with Gasteiger partial charge in [-0.15, -0.1) is 0 Å². The van der Waals surface area contributed by atoms with Crippen molar-refractivity contribution in [2.24, 2.45) is 4.99 Å². The van der Waals surface area contributed by atoms with Crippen LogP contribution in [0.5, 0.6) is 11.5 Å². The molecule has 6 nitrogen and oxygen atoms in total. The number of nitriles is 1. The Labute approximate surface area is 208 Å². The van der Waals surface area contributed by atoms with Crippen molar-refractivity contribution in [1.82, 2.24) is 5.32 Å². The number of halogens is 2. The van der Waals surface area contributed by atoms with Crippen LogP contribution in [0.4, 0.5) is 10.1 Å². The van der Waals surface area contributed by atoms with Crippen molar-refractivity contribution in [2.75, 3.05) is 7.11 Å². The molecule has 0 radical (unpaired) electrons. The van der Waals surface area contributed by atoms with Crippen molar-refractivity contribution in [3.8, 4) is 17.6 Å². The maximum absolute atomic E-state index is 13.1. The molecular formula is C25H17BrFN3O3S. The molecule has 1 amide bonds. The average Bonchev–Trinajstić information content (AvgIpc) is 3.19. The highest BCUT2D eigenvalue weighted by molar-refractivity contribution is 9.10. The van der Waals surface area contributed by atoms with E-state index in [2.05, 4.69) is 32.3 Å². The molecule has 1 N–H and O–H groups in total. The number of hydrogen-bond acceptors (Lipinski definition) is 6. The lowest BCUT2D eigenvalue weighted by molar-refractivity contribution is -0.115. The Morgan fingerprint density at radius 2 is 1.94 bits per heavy atom. The summed E-state index contributed by atoms with van der Waals surface area (Å²) < 4.78 is 25.2. The van der Waals surface area contributed by atoms with Gasteiger partial charge in [0.25, 0.3) is 5.91 Å². The minimum atomic E-state index is -0.354. The lowest BCUT2D eigenvalue weighted by Gasteiger charge is -2.13. The summed E-state index contributed by atoms with van der Waals surface area (Å²) >= 11 is 4.71. The Morgan fingerprint density at radius 3 is 2.68 bits per heavy atom. The molecule has 170 valence electrons. The molecule has 1 fully saturated rings. The number of methoxy groups -OCH3 is 1. The van der Waals surface area contributed by atoms with E-state index in [-0.39, 0.29) is 18.3 Å². The highest BCUT2D eigenvalue weighted by Crippen LogP contribution is 2.37. The predicted octanol–water partition coefficient (Wildman–Crippen LogP) is 5.94. The van der Waals surface area contributed by atoms with Gasteiger partial charge in [0.2, 0.25) is 0 Å². The van der Waals surface area contributed by atoms with Crippen molar-refractivity contribution < 1.29 is 18.7 Å². The number of amides is 1. The lowest BCUT2D eigenvalue weighted by atomic mass is 10.1. The maximum Gasteiger partial charge on any atom is 0.264 e. The number of nitrogens with zero attached hydrogens (tertiary/aromatic N) is 2. The fraction of sp³-hybridized carbons (Fsp3) is 0.0800. The fourth-order valence-corrected chi connectivity index (χ4v) is 4.37. The second-order valence-electron chi connectivity index (χ2n) is 7.04. The molecular weight excluding hydrogens is 521 g/mol. The molecule has 1 heterocycles. The molecule has 1 aliphatic rings. The van der Waals surface area contributed by atoms with E-state index in [9.17, 15) is 14.4 Å². The molecule has 0 aromatic heterocycles. The van der Waals surface area contributed by atoms with Crippen molar-refractivity contribution in [3.63, 3.8) is 0 Å². The van der Waals surface area contributed by atoms with Gasteiger partial charge in [-0.2, -0.15) is 5.26 Å². The third kappa shape index (κ3) is 5.47. The predicted molar refractivity (Wildman–Crippen MR) is 133 cm³/mol. The largest absolute Gasteiger partial charge is 0.493 e. The van der Waals surface area contributed by atoms with Gasteiger partial charge in [-0.1, -0.05) is 34.1 Å². The van der Waals surface area contributed by atoms with E-state index in [1.54, 1.807) is 30.3 Å². The minimum Gasteiger partial charge on any atom is -0.493 e. The van der Waals surface area contributed by atoms with Crippen LogP contribution in [0.1, 0.15) is 16.7 Å². The Balaban J connectivity index is 1.55. The number of hydrogen-bond donors (Lipinski definition) is 1. The summed E-state index contributed by atoms with van der Waals surface area (Å²) in [6, 6.07) is 18.6. The Kier molecular flexibility index (Phi) is 7.30. The summed E-state index contributed by atoms with van der Waals surface area (Å²) in [6.07, 6.45) is 1.72. The van der Waals surface area contributed by atoms with Gasteiger partial charge in [-0.05, 0) is 65.9 Å². The number of carbonyl (C=O) groups excluding carboxylic acids is 1. The monoisotopic (exact) mass is 537 g/mol. The van der Waals surface area contributed by atoms with Crippen LogP contribution >= 0.6 is 27.7 Å². The first-order valence-corrected chi connectivity index (χ1v) is 11.6. The molecule has 0 atom stereocenters. The zero-order valence-corrected chi connectivity index (χ0v) is 20.2. The summed E-state index contributed by atoms with van der Waals surface area (Å²) in [4.78, 5) is 17.2. The highest BCUT2D eigenvalue weighted by Gasteiger charge is 2.24. The Bertz CT molecular complexity index is 1350. The van der Waals surface area contributed by atoms with Crippen molar-refractivity contribution in [3.05, 3.63) is 92.5 Å². The molecule has 1 saturated heterocycles. The summed E-state index contributed by atoms with van der Waals surface area (Å²) in [6.45, 7) is 0.203. The van der Waals surface area contributed by atoms with E-state index < -0.39 is 0 Å². The first-order valence-electron chi connectivity index (χ1n) is 10.0. The van der Waals surface area contributed by atoms with Crippen LogP contribution in [0.2, 0.25) is 0 Å². The Hall–Kier alpha value is -3.61. The van der Waals surface area contributed by atoms with E-state index in [1.165, 1.54) is 43.1 Å². The number of aliphatic imine (C=N–C) groups is 1. The molecule has 0 spiro atoms. The third-order valence-electron chi connectivity index (χ3n) is 4.80. The van der Waals surface area contributed by atoms with Gasteiger partial charge in [0.05, 0.1) is 29.3 Å². The van der Waals surface area contributed by atoms with Gasteiger partial charge in [0.1, 0.15) is 12.4 Å². The summed E-state index contributed by atoms with van der Waals surface area (Å²) in [5.74, 6) is 0.331. The molecule has 3 aromatic rings. The third-order valence-corrected chi connectivity index (χ3v) is 6.40. The van der Waals surface area contributed by atoms with E-state index in [4.69, 9.17) is 9.47 Å². The zero-order chi connectivity index (χ0) is 24.1. The van der Waals surface area contributed by atoms with Crippen LogP contribution in [0, 0.1) is 17.1 Å². The number of amidine groups is 1. The number of ether oxygens (including phenoxy) is 2. The summed E-state index contributed by atoms with van der Waals surface area (Å²) in [5, 5.41) is 12.4. The highest BCUT2D eigenvalue weighted by atomic mass is 79.9. The minimum absolute atomic E-state index is 0.203. The van der Waals surface area contributed by atoms with E-state index in [1.807, 2.05) is 12.1 Å². The van der Waals surface area contributed by atoms with Crippen molar-refractivity contribution in [1.29, 1.82) is 5.26 Å². The number of nitrogens with one attached hydrogen (secondary N) is 1. The van der Waals surface area contributed by atoms with Crippen LogP contribution < -0.4 is 14.8 Å². The van der Waals surface area contributed by atoms with Gasteiger partial charge >= 0.3 is 0 Å². The van der Waals surface area contributed by atoms with Crippen LogP contribution in [0.3, 0.4) is 0 Å². The maximum atomic E-state index is 13.1. The molecule has 0 aliphatic carbocycles. The number of thioether (sulfide) groups is 1. The van der Waals surface area contributed by atoms with Crippen molar-refractivity contribution in [2.45, 2.75) is 6.61 Å². The molecule has 4 rings (SSSR count). The average molecular weight is 538 g/mol. The molecule has 0 unspecified atom stereocenters. The summed E-state index contributed by atoms with van der Waals surface area (Å²) in [7, 11) is 1.53. The van der Waals surface area contributed by atoms with Crippen molar-refractivity contribution >= 4 is 50.5 Å². The number of rotatable bonds is 6. The molecule has 3 aromatic carbocycles. The first-order chi connectivity index (χ1) is 16.5. The van der Waals surface area contributed by atoms with Crippen LogP contribution in [0.15, 0.2) is 75.0 Å². The second-order valence-corrected chi connectivity index (χ2v) is 8.93. The summed E-state index contributed by atoms with van der Waals surface area (Å²) in [5.41, 5.74) is 2.56. The molecule has 1 aliphatic heterocycles. The Morgan fingerprint density at radius 1 is 1.18 bits per heavy atom. The molecule has 9 heteroatoms. The van der Waals surface area contributed by atoms with Crippen LogP contribution in [0.25, 0.3) is 6.08 Å². The smallest absolute Gasteiger partial charge is 0.264 e. The topological polar surface area (TPSA) is 83.7 Å². The number of benzene rings is 3. The number of carbonyl (C=O) groups is 1. The van der Waals surface area contributed by atoms with Gasteiger partial charge in [-0.25, -0.2) is 9.38 Å². The quantitative estimate of drug-likeness (QED) is 0.393. The fourth-order valence-electron chi connectivity index (χ4n) is 3.10. The first kappa shape index (κ1) is 23.5. The van der Waals surface area contributed by atoms with Gasteiger partial charge in [0.15, 0.2) is 16.7 Å². The van der Waals surface area contributed by atoms with E-state index in [0.717, 1.165) is 5.56 Å². The zero-order valence-electron chi connectivity index (χ0n) is 17.8. The van der Waals surface area contributed by atoms with Gasteiger partial charge < -0.3 is 14.8 Å². The van der Waals surface area contributed by atoms with E-state index in [0.29, 0.717) is 42.9 Å². The standard InChI is InChI=1S/C25H17BrFN3O3S/c1-32-21-10-17(20(26)12-22(21)33-14-16-5-3-2-4-15(16)13-28)11-23-24(31)30-25(34-23)29-19-8-6-18(27)7-9-19/h2-12H,14H2,1H3,(H,29,30,31)/b23-11+. The normalized spacial score (nSPS) is 15.3.